The Morgan fingerprint density at radius 2 is 2.57 bits per heavy atom. The molecule has 2 N–H and O–H groups in total. The van der Waals surface area contributed by atoms with E-state index in [0.29, 0.717) is 18.7 Å². The van der Waals surface area contributed by atoms with Crippen LogP contribution in [0.4, 0.5) is 0 Å². The maximum Gasteiger partial charge on any atom is 0.220 e. The molecule has 5 heteroatoms. The minimum absolute atomic E-state index is 0.00317. The molecule has 1 aromatic heterocycles. The first-order valence-corrected chi connectivity index (χ1v) is 5.11. The van der Waals surface area contributed by atoms with Crippen molar-refractivity contribution in [3.63, 3.8) is 0 Å². The van der Waals surface area contributed by atoms with Crippen LogP contribution in [-0.2, 0) is 4.79 Å². The lowest BCUT2D eigenvalue weighted by molar-refractivity contribution is -0.121. The van der Waals surface area contributed by atoms with E-state index in [1.807, 2.05) is 6.92 Å². The van der Waals surface area contributed by atoms with Crippen molar-refractivity contribution in [2.45, 2.75) is 25.8 Å². The van der Waals surface area contributed by atoms with Gasteiger partial charge >= 0.3 is 0 Å². The Morgan fingerprint density at radius 3 is 3.14 bits per heavy atom. The van der Waals surface area contributed by atoms with Gasteiger partial charge in [-0.2, -0.15) is 5.10 Å². The molecule has 0 saturated carbocycles. The lowest BCUT2D eigenvalue weighted by Crippen LogP contribution is -2.26. The molecule has 1 rings (SSSR count). The van der Waals surface area contributed by atoms with Gasteiger partial charge in [0.25, 0.3) is 0 Å². The van der Waals surface area contributed by atoms with Crippen molar-refractivity contribution in [2.24, 2.45) is 0 Å². The topological polar surface area (TPSA) is 57.8 Å². The van der Waals surface area contributed by atoms with Crippen molar-refractivity contribution >= 4 is 17.5 Å². The van der Waals surface area contributed by atoms with Crippen LogP contribution in [-0.4, -0.2) is 22.0 Å². The van der Waals surface area contributed by atoms with Crippen molar-refractivity contribution in [1.29, 1.82) is 0 Å². The predicted molar refractivity (Wildman–Crippen MR) is 55.1 cm³/mol. The minimum Gasteiger partial charge on any atom is -0.349 e. The third-order valence-electron chi connectivity index (χ3n) is 1.93. The summed E-state index contributed by atoms with van der Waals surface area (Å²) in [7, 11) is 0. The fraction of sp³-hybridized carbons (Fsp3) is 0.556. The highest BCUT2D eigenvalue weighted by Crippen LogP contribution is 2.09. The maximum atomic E-state index is 11.3. The Hall–Kier alpha value is -1.03. The van der Waals surface area contributed by atoms with Crippen LogP contribution in [0.5, 0.6) is 0 Å². The standard InChI is InChI=1S/C9H14ClN3O/c1-7(8-5-11-12-6-8)13-9(14)3-2-4-10/h5-7H,2-4H2,1H3,(H,11,12)(H,13,14). The second-order valence-electron chi connectivity index (χ2n) is 3.11. The molecule has 0 saturated heterocycles. The molecule has 0 aliphatic rings. The van der Waals surface area contributed by atoms with Crippen molar-refractivity contribution in [1.82, 2.24) is 15.5 Å². The zero-order valence-corrected chi connectivity index (χ0v) is 8.84. The quantitative estimate of drug-likeness (QED) is 0.734. The van der Waals surface area contributed by atoms with Gasteiger partial charge in [0.2, 0.25) is 5.91 Å². The Balaban J connectivity index is 2.33. The molecule has 1 atom stereocenters. The van der Waals surface area contributed by atoms with Crippen molar-refractivity contribution in [3.8, 4) is 0 Å². The van der Waals surface area contributed by atoms with Crippen molar-refractivity contribution < 1.29 is 4.79 Å². The molecule has 4 nitrogen and oxygen atoms in total. The third-order valence-corrected chi connectivity index (χ3v) is 2.20. The van der Waals surface area contributed by atoms with Gasteiger partial charge in [0.15, 0.2) is 0 Å². The first-order valence-electron chi connectivity index (χ1n) is 4.58. The summed E-state index contributed by atoms with van der Waals surface area (Å²) in [4.78, 5) is 11.3. The number of alkyl halides is 1. The Kier molecular flexibility index (Phi) is 4.46. The molecule has 0 spiro atoms. The number of carbonyl (C=O) groups is 1. The van der Waals surface area contributed by atoms with E-state index in [4.69, 9.17) is 11.6 Å². The van der Waals surface area contributed by atoms with Crippen LogP contribution >= 0.6 is 11.6 Å². The molecular formula is C9H14ClN3O. The van der Waals surface area contributed by atoms with Gasteiger partial charge in [0.05, 0.1) is 12.2 Å². The largest absolute Gasteiger partial charge is 0.349 e. The van der Waals surface area contributed by atoms with Crippen LogP contribution < -0.4 is 5.32 Å². The molecule has 1 unspecified atom stereocenters. The van der Waals surface area contributed by atoms with Crippen LogP contribution in [0.15, 0.2) is 12.4 Å². The molecule has 1 heterocycles. The number of nitrogens with one attached hydrogen (secondary N) is 2. The highest BCUT2D eigenvalue weighted by molar-refractivity contribution is 6.17. The number of halogens is 1. The second kappa shape index (κ2) is 5.65. The lowest BCUT2D eigenvalue weighted by Gasteiger charge is -2.11. The molecule has 14 heavy (non-hydrogen) atoms. The van der Waals surface area contributed by atoms with Gasteiger partial charge in [-0.3, -0.25) is 9.89 Å². The first kappa shape index (κ1) is 11.0. The fourth-order valence-electron chi connectivity index (χ4n) is 1.12. The number of H-pyrrole nitrogens is 1. The number of carbonyl (C=O) groups excluding carboxylic acids is 1. The number of hydrogen-bond acceptors (Lipinski definition) is 2. The van der Waals surface area contributed by atoms with Crippen LogP contribution in [0.3, 0.4) is 0 Å². The summed E-state index contributed by atoms with van der Waals surface area (Å²) in [6, 6.07) is -0.00317. The lowest BCUT2D eigenvalue weighted by atomic mass is 10.2. The first-order chi connectivity index (χ1) is 6.74. The number of aromatic amines is 1. The van der Waals surface area contributed by atoms with Crippen LogP contribution in [0.1, 0.15) is 31.4 Å². The van der Waals surface area contributed by atoms with Gasteiger partial charge < -0.3 is 5.32 Å². The number of amides is 1. The maximum absolute atomic E-state index is 11.3. The van der Waals surface area contributed by atoms with E-state index in [1.54, 1.807) is 12.4 Å². The molecule has 0 aliphatic heterocycles. The van der Waals surface area contributed by atoms with Gasteiger partial charge in [0, 0.05) is 24.1 Å². The summed E-state index contributed by atoms with van der Waals surface area (Å²) < 4.78 is 0. The van der Waals surface area contributed by atoms with Crippen molar-refractivity contribution in [3.05, 3.63) is 18.0 Å². The van der Waals surface area contributed by atoms with E-state index in [1.165, 1.54) is 0 Å². The van der Waals surface area contributed by atoms with E-state index in [9.17, 15) is 4.79 Å². The molecular weight excluding hydrogens is 202 g/mol. The van der Waals surface area contributed by atoms with E-state index < -0.39 is 0 Å². The molecule has 0 radical (unpaired) electrons. The summed E-state index contributed by atoms with van der Waals surface area (Å²) in [6.45, 7) is 1.92. The van der Waals surface area contributed by atoms with Crippen LogP contribution in [0.2, 0.25) is 0 Å². The minimum atomic E-state index is -0.00317. The number of rotatable bonds is 5. The van der Waals surface area contributed by atoms with E-state index >= 15 is 0 Å². The molecule has 0 bridgehead atoms. The Bertz CT molecular complexity index is 274. The zero-order chi connectivity index (χ0) is 10.4. The van der Waals surface area contributed by atoms with Gasteiger partial charge in [-0.1, -0.05) is 0 Å². The normalized spacial score (nSPS) is 12.4. The summed E-state index contributed by atoms with van der Waals surface area (Å²) in [5.74, 6) is 0.549. The smallest absolute Gasteiger partial charge is 0.220 e. The Labute approximate surface area is 88.0 Å². The van der Waals surface area contributed by atoms with Gasteiger partial charge in [-0.25, -0.2) is 0 Å². The molecule has 0 aliphatic carbocycles. The summed E-state index contributed by atoms with van der Waals surface area (Å²) >= 11 is 5.49. The van der Waals surface area contributed by atoms with Crippen LogP contribution in [0.25, 0.3) is 0 Å². The molecule has 1 amide bonds. The van der Waals surface area contributed by atoms with Gasteiger partial charge in [-0.15, -0.1) is 11.6 Å². The van der Waals surface area contributed by atoms with Crippen LogP contribution in [0, 0.1) is 0 Å². The van der Waals surface area contributed by atoms with E-state index in [-0.39, 0.29) is 11.9 Å². The highest BCUT2D eigenvalue weighted by atomic mass is 35.5. The van der Waals surface area contributed by atoms with Gasteiger partial charge in [-0.05, 0) is 13.3 Å². The summed E-state index contributed by atoms with van der Waals surface area (Å²) in [5, 5.41) is 9.38. The number of nitrogens with zero attached hydrogens (tertiary/aromatic N) is 1. The number of aromatic nitrogens is 2. The summed E-state index contributed by atoms with van der Waals surface area (Å²) in [6.07, 6.45) is 4.66. The van der Waals surface area contributed by atoms with Crippen molar-refractivity contribution in [2.75, 3.05) is 5.88 Å². The molecule has 1 aromatic rings. The van der Waals surface area contributed by atoms with E-state index in [2.05, 4.69) is 15.5 Å². The number of hydrogen-bond donors (Lipinski definition) is 2. The predicted octanol–water partition coefficient (Wildman–Crippen LogP) is 1.61. The fourth-order valence-corrected chi connectivity index (χ4v) is 1.26. The van der Waals surface area contributed by atoms with E-state index in [0.717, 1.165) is 5.56 Å². The molecule has 0 fully saturated rings. The second-order valence-corrected chi connectivity index (χ2v) is 3.49. The third kappa shape index (κ3) is 3.38. The molecule has 0 aromatic carbocycles. The summed E-state index contributed by atoms with van der Waals surface area (Å²) in [5.41, 5.74) is 0.976. The zero-order valence-electron chi connectivity index (χ0n) is 8.09. The average Bonchev–Trinajstić information content (AvgIpc) is 2.67. The Morgan fingerprint density at radius 1 is 1.79 bits per heavy atom. The SMILES string of the molecule is CC(NC(=O)CCCCl)c1cn[nH]c1. The highest BCUT2D eigenvalue weighted by Gasteiger charge is 2.09. The molecule has 78 valence electrons. The van der Waals surface area contributed by atoms with Gasteiger partial charge in [0.1, 0.15) is 0 Å². The average molecular weight is 216 g/mol. The monoisotopic (exact) mass is 215 g/mol.